The molecule has 0 radical (unpaired) electrons. The van der Waals surface area contributed by atoms with Crippen molar-refractivity contribution in [2.75, 3.05) is 31.9 Å². The zero-order valence-corrected chi connectivity index (χ0v) is 17.7. The van der Waals surface area contributed by atoms with Crippen LogP contribution in [0.15, 0.2) is 54.9 Å². The van der Waals surface area contributed by atoms with Crippen LogP contribution in [0, 0.1) is 6.92 Å². The molecule has 0 N–H and O–H groups in total. The van der Waals surface area contributed by atoms with E-state index in [0.29, 0.717) is 19.6 Å². The molecule has 154 valence electrons. The fourth-order valence-corrected chi connectivity index (χ4v) is 5.32. The number of rotatable bonds is 6. The SMILES string of the molecule is Cc1ccc(CN2CCCN(S(=O)(=O)CCn3cnc4ccccc43)CC2)cc1. The quantitative estimate of drug-likeness (QED) is 0.625. The first-order valence-electron chi connectivity index (χ1n) is 10.2. The second-order valence-corrected chi connectivity index (χ2v) is 9.85. The van der Waals surface area contributed by atoms with Gasteiger partial charge in [-0.15, -0.1) is 0 Å². The molecule has 4 rings (SSSR count). The van der Waals surface area contributed by atoms with E-state index >= 15 is 0 Å². The number of sulfonamides is 1. The molecule has 0 unspecified atom stereocenters. The summed E-state index contributed by atoms with van der Waals surface area (Å²) in [5.41, 5.74) is 4.40. The lowest BCUT2D eigenvalue weighted by Gasteiger charge is -2.22. The molecular formula is C22H28N4O2S. The predicted octanol–water partition coefficient (Wildman–Crippen LogP) is 2.88. The Kier molecular flexibility index (Phi) is 5.99. The van der Waals surface area contributed by atoms with Crippen LogP contribution < -0.4 is 0 Å². The van der Waals surface area contributed by atoms with Crippen molar-refractivity contribution < 1.29 is 8.42 Å². The summed E-state index contributed by atoms with van der Waals surface area (Å²) >= 11 is 0. The van der Waals surface area contributed by atoms with E-state index < -0.39 is 10.0 Å². The smallest absolute Gasteiger partial charge is 0.215 e. The largest absolute Gasteiger partial charge is 0.330 e. The van der Waals surface area contributed by atoms with Crippen LogP contribution >= 0.6 is 0 Å². The van der Waals surface area contributed by atoms with Crippen molar-refractivity contribution >= 4 is 21.1 Å². The Morgan fingerprint density at radius 1 is 0.966 bits per heavy atom. The molecule has 1 saturated heterocycles. The molecule has 1 aliphatic heterocycles. The Labute approximate surface area is 172 Å². The van der Waals surface area contributed by atoms with Gasteiger partial charge in [0.05, 0.1) is 23.1 Å². The van der Waals surface area contributed by atoms with E-state index in [4.69, 9.17) is 0 Å². The van der Waals surface area contributed by atoms with Gasteiger partial charge in [0.1, 0.15) is 0 Å². The minimum atomic E-state index is -3.30. The van der Waals surface area contributed by atoms with Crippen LogP contribution in [-0.4, -0.2) is 59.1 Å². The summed E-state index contributed by atoms with van der Waals surface area (Å²) in [7, 11) is -3.30. The first kappa shape index (κ1) is 20.1. The molecule has 2 aromatic carbocycles. The highest BCUT2D eigenvalue weighted by atomic mass is 32.2. The van der Waals surface area contributed by atoms with E-state index in [0.717, 1.165) is 37.1 Å². The van der Waals surface area contributed by atoms with E-state index in [1.807, 2.05) is 28.8 Å². The second kappa shape index (κ2) is 8.65. The molecule has 0 atom stereocenters. The third-order valence-corrected chi connectivity index (χ3v) is 7.44. The number of benzene rings is 2. The molecule has 1 aliphatic rings. The lowest BCUT2D eigenvalue weighted by molar-refractivity contribution is 0.278. The maximum absolute atomic E-state index is 12.9. The average Bonchev–Trinajstić information content (AvgIpc) is 2.98. The molecule has 0 spiro atoms. The van der Waals surface area contributed by atoms with Crippen molar-refractivity contribution in [2.45, 2.75) is 26.4 Å². The van der Waals surface area contributed by atoms with E-state index in [9.17, 15) is 8.42 Å². The Balaban J connectivity index is 1.35. The summed E-state index contributed by atoms with van der Waals surface area (Å²) in [6.07, 6.45) is 2.59. The predicted molar refractivity (Wildman–Crippen MR) is 116 cm³/mol. The minimum Gasteiger partial charge on any atom is -0.330 e. The first-order valence-corrected chi connectivity index (χ1v) is 11.8. The molecule has 2 heterocycles. The van der Waals surface area contributed by atoms with Crippen molar-refractivity contribution in [1.82, 2.24) is 18.8 Å². The number of aryl methyl sites for hydroxylation is 2. The Hall–Kier alpha value is -2.22. The van der Waals surface area contributed by atoms with Gasteiger partial charge in [-0.05, 0) is 37.6 Å². The highest BCUT2D eigenvalue weighted by molar-refractivity contribution is 7.89. The Morgan fingerprint density at radius 3 is 2.59 bits per heavy atom. The molecule has 1 fully saturated rings. The number of aromatic nitrogens is 2. The van der Waals surface area contributed by atoms with Gasteiger partial charge in [0.25, 0.3) is 0 Å². The van der Waals surface area contributed by atoms with Crippen LogP contribution in [0.25, 0.3) is 11.0 Å². The molecular weight excluding hydrogens is 384 g/mol. The lowest BCUT2D eigenvalue weighted by atomic mass is 10.1. The van der Waals surface area contributed by atoms with Crippen molar-refractivity contribution in [3.8, 4) is 0 Å². The standard InChI is InChI=1S/C22H28N4O2S/c1-19-7-9-20(10-8-19)17-24-11-4-12-26(14-13-24)29(27,28)16-15-25-18-23-21-5-2-3-6-22(21)25/h2-3,5-10,18H,4,11-17H2,1H3. The van der Waals surface area contributed by atoms with Crippen molar-refractivity contribution in [2.24, 2.45) is 0 Å². The van der Waals surface area contributed by atoms with E-state index in [2.05, 4.69) is 41.1 Å². The summed E-state index contributed by atoms with van der Waals surface area (Å²) < 4.78 is 29.5. The van der Waals surface area contributed by atoms with Crippen LogP contribution in [0.4, 0.5) is 0 Å². The highest BCUT2D eigenvalue weighted by Crippen LogP contribution is 2.15. The molecule has 0 aliphatic carbocycles. The van der Waals surface area contributed by atoms with Crippen molar-refractivity contribution in [3.05, 3.63) is 66.0 Å². The van der Waals surface area contributed by atoms with Crippen LogP contribution in [-0.2, 0) is 23.1 Å². The van der Waals surface area contributed by atoms with E-state index in [1.54, 1.807) is 10.6 Å². The molecule has 0 bridgehead atoms. The number of hydrogen-bond donors (Lipinski definition) is 0. The van der Waals surface area contributed by atoms with Crippen molar-refractivity contribution in [1.29, 1.82) is 0 Å². The topological polar surface area (TPSA) is 58.4 Å². The molecule has 3 aromatic rings. The highest BCUT2D eigenvalue weighted by Gasteiger charge is 2.25. The van der Waals surface area contributed by atoms with Gasteiger partial charge in [0.15, 0.2) is 0 Å². The van der Waals surface area contributed by atoms with E-state index in [-0.39, 0.29) is 5.75 Å². The third kappa shape index (κ3) is 4.86. The van der Waals surface area contributed by atoms with Crippen molar-refractivity contribution in [3.63, 3.8) is 0 Å². The fraction of sp³-hybridized carbons (Fsp3) is 0.409. The summed E-state index contributed by atoms with van der Waals surface area (Å²) in [6, 6.07) is 16.4. The number of fused-ring (bicyclic) bond motifs is 1. The third-order valence-electron chi connectivity index (χ3n) is 5.59. The molecule has 29 heavy (non-hydrogen) atoms. The van der Waals surface area contributed by atoms with Gasteiger partial charge in [0.2, 0.25) is 10.0 Å². The monoisotopic (exact) mass is 412 g/mol. The van der Waals surface area contributed by atoms with Gasteiger partial charge >= 0.3 is 0 Å². The van der Waals surface area contributed by atoms with Crippen LogP contribution in [0.1, 0.15) is 17.5 Å². The lowest BCUT2D eigenvalue weighted by Crippen LogP contribution is -2.37. The fourth-order valence-electron chi connectivity index (χ4n) is 3.87. The normalized spacial score (nSPS) is 16.9. The summed E-state index contributed by atoms with van der Waals surface area (Å²) in [6.45, 7) is 6.22. The van der Waals surface area contributed by atoms with Crippen LogP contribution in [0.2, 0.25) is 0 Å². The molecule has 6 nitrogen and oxygen atoms in total. The maximum Gasteiger partial charge on any atom is 0.215 e. The maximum atomic E-state index is 12.9. The molecule has 0 saturated carbocycles. The van der Waals surface area contributed by atoms with Gasteiger partial charge in [-0.25, -0.2) is 17.7 Å². The van der Waals surface area contributed by atoms with Crippen LogP contribution in [0.3, 0.4) is 0 Å². The van der Waals surface area contributed by atoms with Gasteiger partial charge in [-0.2, -0.15) is 0 Å². The molecule has 0 amide bonds. The average molecular weight is 413 g/mol. The zero-order chi connectivity index (χ0) is 20.3. The Bertz CT molecular complexity index is 1060. The molecule has 1 aromatic heterocycles. The number of nitrogens with zero attached hydrogens (tertiary/aromatic N) is 4. The number of imidazole rings is 1. The first-order chi connectivity index (χ1) is 14.0. The van der Waals surface area contributed by atoms with Gasteiger partial charge in [-0.3, -0.25) is 4.90 Å². The van der Waals surface area contributed by atoms with Crippen LogP contribution in [0.5, 0.6) is 0 Å². The summed E-state index contributed by atoms with van der Waals surface area (Å²) in [5, 5.41) is 0. The van der Waals surface area contributed by atoms with Gasteiger partial charge in [0, 0.05) is 32.7 Å². The van der Waals surface area contributed by atoms with Gasteiger partial charge in [-0.1, -0.05) is 42.0 Å². The zero-order valence-electron chi connectivity index (χ0n) is 16.9. The summed E-state index contributed by atoms with van der Waals surface area (Å²) in [5.74, 6) is 0.102. The minimum absolute atomic E-state index is 0.102. The second-order valence-electron chi connectivity index (χ2n) is 7.76. The number of para-hydroxylation sites is 2. The summed E-state index contributed by atoms with van der Waals surface area (Å²) in [4.78, 5) is 6.70. The Morgan fingerprint density at radius 2 is 1.76 bits per heavy atom. The van der Waals surface area contributed by atoms with E-state index in [1.165, 1.54) is 11.1 Å². The van der Waals surface area contributed by atoms with Gasteiger partial charge < -0.3 is 4.57 Å². The molecule has 7 heteroatoms. The number of hydrogen-bond acceptors (Lipinski definition) is 4.